The van der Waals surface area contributed by atoms with Crippen molar-refractivity contribution in [2.24, 2.45) is 0 Å². The number of benzene rings is 1. The molecule has 0 saturated carbocycles. The lowest BCUT2D eigenvalue weighted by atomic mass is 10.1. The minimum atomic E-state index is 0.0373. The predicted octanol–water partition coefficient (Wildman–Crippen LogP) is 1.35. The Balaban J connectivity index is 1.60. The molecule has 0 unspecified atom stereocenters. The first-order valence-corrected chi connectivity index (χ1v) is 5.26. The maximum absolute atomic E-state index is 8.74. The van der Waals surface area contributed by atoms with Crippen molar-refractivity contribution in [1.29, 1.82) is 0 Å². The molecule has 2 atom stereocenters. The molecule has 0 aliphatic carbocycles. The Labute approximate surface area is 89.6 Å². The Morgan fingerprint density at radius 1 is 1.27 bits per heavy atom. The molecular formula is C12H16O3. The van der Waals surface area contributed by atoms with Crippen LogP contribution in [0.1, 0.15) is 12.0 Å². The second-order valence-corrected chi connectivity index (χ2v) is 3.80. The Bertz CT molecular complexity index is 280. The average molecular weight is 208 g/mol. The zero-order valence-corrected chi connectivity index (χ0v) is 8.63. The summed E-state index contributed by atoms with van der Waals surface area (Å²) in [5.41, 5.74) is 1.18. The highest BCUT2D eigenvalue weighted by molar-refractivity contribution is 5.13. The highest BCUT2D eigenvalue weighted by atomic mass is 16.6. The first-order chi connectivity index (χ1) is 7.38. The van der Waals surface area contributed by atoms with E-state index in [4.69, 9.17) is 14.6 Å². The second-order valence-electron chi connectivity index (χ2n) is 3.80. The van der Waals surface area contributed by atoms with E-state index in [2.05, 4.69) is 0 Å². The van der Waals surface area contributed by atoms with E-state index in [9.17, 15) is 0 Å². The molecule has 0 amide bonds. The van der Waals surface area contributed by atoms with Gasteiger partial charge in [-0.25, -0.2) is 0 Å². The third-order valence-corrected chi connectivity index (χ3v) is 2.53. The van der Waals surface area contributed by atoms with Gasteiger partial charge in [-0.2, -0.15) is 0 Å². The molecule has 3 nitrogen and oxygen atoms in total. The zero-order chi connectivity index (χ0) is 10.5. The molecule has 0 radical (unpaired) electrons. The summed E-state index contributed by atoms with van der Waals surface area (Å²) in [6.45, 7) is 1.37. The number of aliphatic hydroxyl groups excluding tert-OH is 1. The highest BCUT2D eigenvalue weighted by Gasteiger charge is 2.29. The van der Waals surface area contributed by atoms with Crippen LogP contribution in [0, 0.1) is 0 Å². The summed E-state index contributed by atoms with van der Waals surface area (Å²) in [4.78, 5) is 0. The molecule has 1 aliphatic rings. The Hall–Kier alpha value is -0.900. The number of hydrogen-bond acceptors (Lipinski definition) is 3. The van der Waals surface area contributed by atoms with E-state index >= 15 is 0 Å². The summed E-state index contributed by atoms with van der Waals surface area (Å²) in [5.74, 6) is 0. The van der Waals surface area contributed by atoms with Gasteiger partial charge >= 0.3 is 0 Å². The van der Waals surface area contributed by atoms with Gasteiger partial charge in [0.1, 0.15) is 0 Å². The summed E-state index contributed by atoms with van der Waals surface area (Å²) >= 11 is 0. The smallest absolute Gasteiger partial charge is 0.0839 e. The molecule has 15 heavy (non-hydrogen) atoms. The van der Waals surface area contributed by atoms with Gasteiger partial charge in [0.2, 0.25) is 0 Å². The van der Waals surface area contributed by atoms with Crippen LogP contribution in [0.5, 0.6) is 0 Å². The fraction of sp³-hybridized carbons (Fsp3) is 0.500. The van der Waals surface area contributed by atoms with Gasteiger partial charge < -0.3 is 14.6 Å². The maximum atomic E-state index is 8.74. The van der Waals surface area contributed by atoms with Crippen LogP contribution in [-0.4, -0.2) is 30.5 Å². The van der Waals surface area contributed by atoms with Gasteiger partial charge in [-0.05, 0) is 5.56 Å². The number of ether oxygens (including phenoxy) is 2. The molecule has 1 heterocycles. The molecule has 3 heteroatoms. The van der Waals surface area contributed by atoms with Crippen LogP contribution < -0.4 is 0 Å². The third kappa shape index (κ3) is 3.02. The molecule has 1 aromatic carbocycles. The minimum Gasteiger partial charge on any atom is -0.394 e. The lowest BCUT2D eigenvalue weighted by Crippen LogP contribution is -2.42. The summed E-state index contributed by atoms with van der Waals surface area (Å²) < 4.78 is 10.9. The van der Waals surface area contributed by atoms with E-state index in [1.165, 1.54) is 5.56 Å². The largest absolute Gasteiger partial charge is 0.394 e. The molecule has 1 aliphatic heterocycles. The van der Waals surface area contributed by atoms with Gasteiger partial charge in [-0.3, -0.25) is 0 Å². The number of hydrogen-bond donors (Lipinski definition) is 1. The van der Waals surface area contributed by atoms with Crippen LogP contribution in [0.2, 0.25) is 0 Å². The molecule has 0 bridgehead atoms. The van der Waals surface area contributed by atoms with Crippen LogP contribution in [0.3, 0.4) is 0 Å². The summed E-state index contributed by atoms with van der Waals surface area (Å²) in [6.07, 6.45) is 1.12. The van der Waals surface area contributed by atoms with Gasteiger partial charge in [-0.15, -0.1) is 0 Å². The van der Waals surface area contributed by atoms with Gasteiger partial charge in [0.15, 0.2) is 0 Å². The van der Waals surface area contributed by atoms with Gasteiger partial charge in [0.05, 0.1) is 32.0 Å². The molecule has 0 spiro atoms. The van der Waals surface area contributed by atoms with E-state index in [1.807, 2.05) is 30.3 Å². The lowest BCUT2D eigenvalue weighted by Gasteiger charge is -2.34. The van der Waals surface area contributed by atoms with E-state index in [-0.39, 0.29) is 18.8 Å². The SMILES string of the molecule is OC[C@@H]1C[C@@H](COCc2ccccc2)O1. The summed E-state index contributed by atoms with van der Waals surface area (Å²) in [5, 5.41) is 8.74. The number of aliphatic hydroxyl groups is 1. The second kappa shape index (κ2) is 5.26. The van der Waals surface area contributed by atoms with Crippen LogP contribution >= 0.6 is 0 Å². The Kier molecular flexibility index (Phi) is 3.72. The van der Waals surface area contributed by atoms with E-state index in [0.717, 1.165) is 6.42 Å². The number of rotatable bonds is 5. The van der Waals surface area contributed by atoms with Crippen LogP contribution in [0.4, 0.5) is 0 Å². The van der Waals surface area contributed by atoms with Crippen LogP contribution in [0.15, 0.2) is 30.3 Å². The molecular weight excluding hydrogens is 192 g/mol. The third-order valence-electron chi connectivity index (χ3n) is 2.53. The lowest BCUT2D eigenvalue weighted by molar-refractivity contribution is -0.167. The van der Waals surface area contributed by atoms with E-state index in [0.29, 0.717) is 13.2 Å². The van der Waals surface area contributed by atoms with E-state index < -0.39 is 0 Å². The highest BCUT2D eigenvalue weighted by Crippen LogP contribution is 2.20. The zero-order valence-electron chi connectivity index (χ0n) is 8.63. The van der Waals surface area contributed by atoms with Crippen molar-refractivity contribution in [3.8, 4) is 0 Å². The average Bonchev–Trinajstić information content (AvgIpc) is 2.23. The van der Waals surface area contributed by atoms with Crippen molar-refractivity contribution in [2.45, 2.75) is 25.2 Å². The summed E-state index contributed by atoms with van der Waals surface area (Å²) in [6, 6.07) is 10.1. The minimum absolute atomic E-state index is 0.0373. The van der Waals surface area contributed by atoms with Crippen LogP contribution in [-0.2, 0) is 16.1 Å². The van der Waals surface area contributed by atoms with Crippen molar-refractivity contribution >= 4 is 0 Å². The van der Waals surface area contributed by atoms with Crippen molar-refractivity contribution in [3.63, 3.8) is 0 Å². The predicted molar refractivity (Wildman–Crippen MR) is 56.5 cm³/mol. The van der Waals surface area contributed by atoms with Crippen molar-refractivity contribution < 1.29 is 14.6 Å². The Morgan fingerprint density at radius 2 is 2.00 bits per heavy atom. The molecule has 1 saturated heterocycles. The summed E-state index contributed by atoms with van der Waals surface area (Å²) in [7, 11) is 0. The molecule has 0 aromatic heterocycles. The topological polar surface area (TPSA) is 38.7 Å². The van der Waals surface area contributed by atoms with Crippen molar-refractivity contribution in [1.82, 2.24) is 0 Å². The van der Waals surface area contributed by atoms with Gasteiger partial charge in [-0.1, -0.05) is 30.3 Å². The molecule has 1 fully saturated rings. The first-order valence-electron chi connectivity index (χ1n) is 5.26. The van der Waals surface area contributed by atoms with Crippen molar-refractivity contribution in [2.75, 3.05) is 13.2 Å². The molecule has 1 N–H and O–H groups in total. The molecule has 1 aromatic rings. The van der Waals surface area contributed by atoms with Gasteiger partial charge in [0, 0.05) is 6.42 Å². The van der Waals surface area contributed by atoms with Crippen LogP contribution in [0.25, 0.3) is 0 Å². The van der Waals surface area contributed by atoms with Crippen molar-refractivity contribution in [3.05, 3.63) is 35.9 Å². The standard InChI is InChI=1S/C12H16O3/c13-7-11-6-12(15-11)9-14-8-10-4-2-1-3-5-10/h1-5,11-13H,6-9H2/t11-,12-/m0/s1. The Morgan fingerprint density at radius 3 is 2.67 bits per heavy atom. The fourth-order valence-corrected chi connectivity index (χ4v) is 1.66. The first kappa shape index (κ1) is 10.6. The fourth-order valence-electron chi connectivity index (χ4n) is 1.66. The maximum Gasteiger partial charge on any atom is 0.0839 e. The molecule has 82 valence electrons. The normalized spacial score (nSPS) is 24.9. The van der Waals surface area contributed by atoms with E-state index in [1.54, 1.807) is 0 Å². The monoisotopic (exact) mass is 208 g/mol. The molecule has 2 rings (SSSR count). The quantitative estimate of drug-likeness (QED) is 0.794. The van der Waals surface area contributed by atoms with Gasteiger partial charge in [0.25, 0.3) is 0 Å².